The van der Waals surface area contributed by atoms with Crippen molar-refractivity contribution < 1.29 is 24.2 Å². The maximum absolute atomic E-state index is 12.2. The zero-order valence-corrected chi connectivity index (χ0v) is 42.7. The summed E-state index contributed by atoms with van der Waals surface area (Å²) in [5, 5.41) is 9.59. The second-order valence-electron chi connectivity index (χ2n) is 18.3. The maximum Gasteiger partial charge on any atom is 0.306 e. The average Bonchev–Trinajstić information content (AvgIpc) is 3.31. The highest BCUT2D eigenvalue weighted by Crippen LogP contribution is 2.16. The van der Waals surface area contributed by atoms with Crippen molar-refractivity contribution >= 4 is 11.9 Å². The van der Waals surface area contributed by atoms with Crippen LogP contribution in [0.5, 0.6) is 0 Å². The van der Waals surface area contributed by atoms with Crippen LogP contribution in [0.4, 0.5) is 0 Å². The number of carbonyl (C=O) groups is 2. The average molecular weight is 905 g/mol. The molecule has 0 aromatic carbocycles. The fourth-order valence-corrected chi connectivity index (χ4v) is 7.80. The summed E-state index contributed by atoms with van der Waals surface area (Å²) >= 11 is 0. The van der Waals surface area contributed by atoms with Gasteiger partial charge in [-0.15, -0.1) is 0 Å². The van der Waals surface area contributed by atoms with E-state index in [1.807, 2.05) is 0 Å². The first-order valence-corrected chi connectivity index (χ1v) is 27.6. The lowest BCUT2D eigenvalue weighted by Gasteiger charge is -2.15. The van der Waals surface area contributed by atoms with E-state index in [1.165, 1.54) is 148 Å². The first kappa shape index (κ1) is 62.1. The fraction of sp³-hybridized carbons (Fsp3) is 0.733. The molecule has 5 heteroatoms. The Bertz CT molecular complexity index is 1210. The third kappa shape index (κ3) is 53.6. The van der Waals surface area contributed by atoms with Gasteiger partial charge in [0.1, 0.15) is 6.61 Å². The highest BCUT2D eigenvalue weighted by Gasteiger charge is 2.16. The molecule has 1 atom stereocenters. The molecule has 5 nitrogen and oxygen atoms in total. The third-order valence-corrected chi connectivity index (χ3v) is 11.9. The summed E-state index contributed by atoms with van der Waals surface area (Å²) in [6.07, 6.45) is 77.3. The molecule has 0 aromatic heterocycles. The van der Waals surface area contributed by atoms with Gasteiger partial charge >= 0.3 is 11.9 Å². The molecule has 374 valence electrons. The number of ether oxygens (including phenoxy) is 2. The number of hydrogen-bond donors (Lipinski definition) is 1. The van der Waals surface area contributed by atoms with Gasteiger partial charge in [0, 0.05) is 12.8 Å². The topological polar surface area (TPSA) is 72.8 Å². The minimum Gasteiger partial charge on any atom is -0.462 e. The van der Waals surface area contributed by atoms with Crippen LogP contribution in [0.1, 0.15) is 264 Å². The molecular weight excluding hydrogens is 801 g/mol. The molecule has 0 fully saturated rings. The van der Waals surface area contributed by atoms with Crippen molar-refractivity contribution in [2.75, 3.05) is 13.2 Å². The first-order valence-electron chi connectivity index (χ1n) is 27.6. The van der Waals surface area contributed by atoms with Crippen LogP contribution in [0.15, 0.2) is 85.1 Å². The summed E-state index contributed by atoms with van der Waals surface area (Å²) in [6, 6.07) is 0. The Morgan fingerprint density at radius 3 is 1.02 bits per heavy atom. The third-order valence-electron chi connectivity index (χ3n) is 11.9. The SMILES string of the molecule is CC/C=C\C/C=C\C/C=C\C/C=C\C/C=C\C/C=C\CCCCCCCCCCCCCCCCCCCCCCCCC(=O)OC(CO)COC(=O)CCCCCCC/C=C\CCC. The lowest BCUT2D eigenvalue weighted by atomic mass is 10.0. The number of carbonyl (C=O) groups excluding carboxylic acids is 2. The molecule has 0 radical (unpaired) electrons. The van der Waals surface area contributed by atoms with Crippen molar-refractivity contribution in [2.24, 2.45) is 0 Å². The Labute approximate surface area is 403 Å². The number of aliphatic hydroxyl groups is 1. The molecule has 0 bridgehead atoms. The lowest BCUT2D eigenvalue weighted by molar-refractivity contribution is -0.161. The van der Waals surface area contributed by atoms with Gasteiger partial charge in [0.15, 0.2) is 6.10 Å². The van der Waals surface area contributed by atoms with Crippen molar-refractivity contribution in [1.29, 1.82) is 0 Å². The molecule has 0 aliphatic rings. The van der Waals surface area contributed by atoms with E-state index in [0.717, 1.165) is 89.9 Å². The molecule has 1 N–H and O–H groups in total. The Balaban J connectivity index is 3.40. The van der Waals surface area contributed by atoms with Crippen LogP contribution in [0.25, 0.3) is 0 Å². The summed E-state index contributed by atoms with van der Waals surface area (Å²) < 4.78 is 10.6. The van der Waals surface area contributed by atoms with Crippen LogP contribution in [-0.2, 0) is 19.1 Å². The largest absolute Gasteiger partial charge is 0.462 e. The van der Waals surface area contributed by atoms with Crippen molar-refractivity contribution in [1.82, 2.24) is 0 Å². The highest BCUT2D eigenvalue weighted by atomic mass is 16.6. The van der Waals surface area contributed by atoms with E-state index in [4.69, 9.17) is 9.47 Å². The zero-order valence-electron chi connectivity index (χ0n) is 42.7. The van der Waals surface area contributed by atoms with Crippen molar-refractivity contribution in [3.8, 4) is 0 Å². The van der Waals surface area contributed by atoms with Crippen molar-refractivity contribution in [3.63, 3.8) is 0 Å². The Morgan fingerprint density at radius 2 is 0.662 bits per heavy atom. The van der Waals surface area contributed by atoms with E-state index in [9.17, 15) is 14.7 Å². The molecule has 0 saturated heterocycles. The number of aliphatic hydroxyl groups excluding tert-OH is 1. The van der Waals surface area contributed by atoms with Crippen LogP contribution >= 0.6 is 0 Å². The van der Waals surface area contributed by atoms with E-state index < -0.39 is 6.10 Å². The molecular formula is C60H104O5. The van der Waals surface area contributed by atoms with Crippen LogP contribution < -0.4 is 0 Å². The van der Waals surface area contributed by atoms with Gasteiger partial charge in [0.25, 0.3) is 0 Å². The molecule has 1 unspecified atom stereocenters. The molecule has 0 amide bonds. The fourth-order valence-electron chi connectivity index (χ4n) is 7.80. The van der Waals surface area contributed by atoms with Gasteiger partial charge in [-0.05, 0) is 83.5 Å². The maximum atomic E-state index is 12.2. The molecule has 65 heavy (non-hydrogen) atoms. The van der Waals surface area contributed by atoms with E-state index in [0.29, 0.717) is 12.8 Å². The van der Waals surface area contributed by atoms with Crippen LogP contribution in [0, 0.1) is 0 Å². The number of unbranched alkanes of at least 4 members (excludes halogenated alkanes) is 28. The Hall–Kier alpha value is -2.92. The van der Waals surface area contributed by atoms with Gasteiger partial charge in [-0.1, -0.05) is 253 Å². The molecule has 0 aliphatic heterocycles. The van der Waals surface area contributed by atoms with E-state index in [1.54, 1.807) is 0 Å². The van der Waals surface area contributed by atoms with E-state index in [2.05, 4.69) is 98.9 Å². The smallest absolute Gasteiger partial charge is 0.306 e. The Morgan fingerprint density at radius 1 is 0.369 bits per heavy atom. The minimum absolute atomic E-state index is 0.0692. The molecule has 0 aromatic rings. The second kappa shape index (κ2) is 55.4. The number of hydrogen-bond acceptors (Lipinski definition) is 5. The van der Waals surface area contributed by atoms with Gasteiger partial charge in [-0.3, -0.25) is 9.59 Å². The summed E-state index contributed by atoms with van der Waals surface area (Å²) in [5.74, 6) is -0.597. The number of esters is 2. The van der Waals surface area contributed by atoms with Gasteiger partial charge in [0.05, 0.1) is 6.61 Å². The van der Waals surface area contributed by atoms with Crippen LogP contribution in [0.3, 0.4) is 0 Å². The zero-order chi connectivity index (χ0) is 47.0. The summed E-state index contributed by atoms with van der Waals surface area (Å²) in [7, 11) is 0. The van der Waals surface area contributed by atoms with Gasteiger partial charge < -0.3 is 14.6 Å². The monoisotopic (exact) mass is 905 g/mol. The summed E-state index contributed by atoms with van der Waals surface area (Å²) in [5.41, 5.74) is 0. The predicted octanol–water partition coefficient (Wildman–Crippen LogP) is 18.6. The van der Waals surface area contributed by atoms with Crippen LogP contribution in [-0.4, -0.2) is 36.4 Å². The van der Waals surface area contributed by atoms with Gasteiger partial charge in [-0.2, -0.15) is 0 Å². The number of allylic oxidation sites excluding steroid dienone is 14. The second-order valence-corrected chi connectivity index (χ2v) is 18.3. The van der Waals surface area contributed by atoms with Crippen LogP contribution in [0.2, 0.25) is 0 Å². The molecule has 0 heterocycles. The first-order chi connectivity index (χ1) is 32.1. The van der Waals surface area contributed by atoms with Gasteiger partial charge in [0.2, 0.25) is 0 Å². The molecule has 0 rings (SSSR count). The lowest BCUT2D eigenvalue weighted by Crippen LogP contribution is -2.28. The van der Waals surface area contributed by atoms with Crippen molar-refractivity contribution in [2.45, 2.75) is 270 Å². The van der Waals surface area contributed by atoms with E-state index >= 15 is 0 Å². The minimum atomic E-state index is -0.774. The Kier molecular flexibility index (Phi) is 52.9. The van der Waals surface area contributed by atoms with Gasteiger partial charge in [-0.25, -0.2) is 0 Å². The summed E-state index contributed by atoms with van der Waals surface area (Å²) in [4.78, 5) is 24.3. The number of rotatable bonds is 50. The summed E-state index contributed by atoms with van der Waals surface area (Å²) in [6.45, 7) is 3.96. The normalized spacial score (nSPS) is 12.8. The van der Waals surface area contributed by atoms with Crippen molar-refractivity contribution in [3.05, 3.63) is 85.1 Å². The molecule has 0 saturated carbocycles. The van der Waals surface area contributed by atoms with E-state index in [-0.39, 0.29) is 25.2 Å². The quantitative estimate of drug-likeness (QED) is 0.0374. The standard InChI is InChI=1S/C60H104O5/c1-3-5-7-9-11-13-15-16-17-18-19-20-21-22-23-24-25-26-27-28-29-30-31-32-33-34-35-36-37-38-39-40-41-42-43-44-45-47-49-51-53-55-60(63)65-58(56-61)57-64-59(62)54-52-50-48-46-14-12-10-8-6-4-2/h5,7-8,10-11,13,16-17,19-20,22-23,25-26,58,61H,3-4,6,9,12,14-15,18,21,24,27-57H2,1-2H3/b7-5-,10-8-,13-11-,17-16-,20-19-,23-22-,26-25-. The predicted molar refractivity (Wildman–Crippen MR) is 283 cm³/mol. The highest BCUT2D eigenvalue weighted by molar-refractivity contribution is 5.70. The molecule has 0 spiro atoms. The molecule has 0 aliphatic carbocycles.